The topological polar surface area (TPSA) is 70.1 Å². The molecule has 2 fully saturated rings. The average molecular weight is 487 g/mol. The molecule has 0 spiro atoms. The molecule has 2 aliphatic rings. The summed E-state index contributed by atoms with van der Waals surface area (Å²) in [5, 5.41) is 13.6. The number of aliphatic hydroxyl groups is 1. The van der Waals surface area contributed by atoms with Gasteiger partial charge >= 0.3 is 5.97 Å². The first-order valence-electron chi connectivity index (χ1n) is 12.7. The van der Waals surface area contributed by atoms with Crippen LogP contribution in [0, 0.1) is 5.92 Å². The lowest BCUT2D eigenvalue weighted by atomic mass is 9.57. The van der Waals surface area contributed by atoms with Crippen LogP contribution in [-0.2, 0) is 10.2 Å². The molecular weight excluding hydrogens is 452 g/mol. The van der Waals surface area contributed by atoms with E-state index in [0.29, 0.717) is 17.7 Å². The summed E-state index contributed by atoms with van der Waals surface area (Å²) in [6.45, 7) is 3.08. The molecule has 1 unspecified atom stereocenters. The largest absolute Gasteiger partial charge is 0.427 e. The van der Waals surface area contributed by atoms with Gasteiger partial charge < -0.3 is 19.6 Å². The molecule has 6 nitrogen and oxygen atoms in total. The van der Waals surface area contributed by atoms with Crippen molar-refractivity contribution in [2.45, 2.75) is 43.7 Å². The smallest absolute Gasteiger partial charge is 0.308 e. The lowest BCUT2D eigenvalue weighted by Crippen LogP contribution is -2.60. The van der Waals surface area contributed by atoms with Crippen LogP contribution in [-0.4, -0.2) is 66.1 Å². The zero-order valence-corrected chi connectivity index (χ0v) is 21.2. The second-order valence-electron chi connectivity index (χ2n) is 10.5. The number of fused-ring (bicyclic) bond motifs is 2. The summed E-state index contributed by atoms with van der Waals surface area (Å²) in [6.07, 6.45) is 1.61. The standard InChI is InChI=1S/C30H34N2O4/c1-20(33)36-26-10-6-9-24(16-26)30-13-14-31(2)19-27(30)28(34)17-25(18-30)32(3)29(35)23-12-11-21-7-4-5-8-22(21)15-23/h4-12,15-16,25,27-28,34H,13-14,17-19H2,1-3H3/t25-,27+,28?,30+/m1/s1. The maximum atomic E-state index is 13.6. The summed E-state index contributed by atoms with van der Waals surface area (Å²) in [5.41, 5.74) is 1.40. The fourth-order valence-corrected chi connectivity index (χ4v) is 6.37. The molecule has 36 heavy (non-hydrogen) atoms. The molecule has 1 saturated heterocycles. The molecule has 0 aromatic heterocycles. The van der Waals surface area contributed by atoms with Gasteiger partial charge in [-0.2, -0.15) is 0 Å². The van der Waals surface area contributed by atoms with Crippen molar-refractivity contribution in [1.82, 2.24) is 9.80 Å². The van der Waals surface area contributed by atoms with Gasteiger partial charge in [-0.3, -0.25) is 9.59 Å². The maximum Gasteiger partial charge on any atom is 0.308 e. The van der Waals surface area contributed by atoms with Crippen LogP contribution in [0.25, 0.3) is 10.8 Å². The molecule has 1 aliphatic carbocycles. The number of hydrogen-bond acceptors (Lipinski definition) is 5. The molecule has 4 atom stereocenters. The van der Waals surface area contributed by atoms with Crippen LogP contribution >= 0.6 is 0 Å². The van der Waals surface area contributed by atoms with Crippen LogP contribution in [0.15, 0.2) is 66.7 Å². The van der Waals surface area contributed by atoms with Crippen molar-refractivity contribution < 1.29 is 19.4 Å². The van der Waals surface area contributed by atoms with E-state index >= 15 is 0 Å². The monoisotopic (exact) mass is 486 g/mol. The summed E-state index contributed by atoms with van der Waals surface area (Å²) in [5.74, 6) is 0.161. The van der Waals surface area contributed by atoms with Crippen LogP contribution in [0.1, 0.15) is 42.1 Å². The van der Waals surface area contributed by atoms with E-state index in [4.69, 9.17) is 4.74 Å². The number of benzene rings is 3. The highest BCUT2D eigenvalue weighted by atomic mass is 16.5. The van der Waals surface area contributed by atoms with Gasteiger partial charge in [-0.25, -0.2) is 0 Å². The summed E-state index contributed by atoms with van der Waals surface area (Å²) < 4.78 is 5.40. The minimum Gasteiger partial charge on any atom is -0.427 e. The van der Waals surface area contributed by atoms with Crippen molar-refractivity contribution in [3.63, 3.8) is 0 Å². The quantitative estimate of drug-likeness (QED) is 0.441. The Hall–Kier alpha value is -3.22. The molecule has 5 rings (SSSR count). The van der Waals surface area contributed by atoms with Crippen molar-refractivity contribution in [2.75, 3.05) is 27.2 Å². The van der Waals surface area contributed by atoms with E-state index in [9.17, 15) is 14.7 Å². The van der Waals surface area contributed by atoms with Crippen molar-refractivity contribution >= 4 is 22.6 Å². The molecule has 0 radical (unpaired) electrons. The number of aliphatic hydroxyl groups excluding tert-OH is 1. The van der Waals surface area contributed by atoms with E-state index in [1.807, 2.05) is 66.5 Å². The van der Waals surface area contributed by atoms with Crippen molar-refractivity contribution in [1.29, 1.82) is 0 Å². The number of nitrogens with zero attached hydrogens (tertiary/aromatic N) is 2. The third kappa shape index (κ3) is 4.51. The van der Waals surface area contributed by atoms with Gasteiger partial charge in [0.25, 0.3) is 5.91 Å². The molecule has 1 heterocycles. The zero-order valence-electron chi connectivity index (χ0n) is 21.2. The Kier molecular flexibility index (Phi) is 6.58. The van der Waals surface area contributed by atoms with E-state index < -0.39 is 6.10 Å². The van der Waals surface area contributed by atoms with Crippen LogP contribution < -0.4 is 4.74 Å². The molecule has 1 amide bonds. The van der Waals surface area contributed by atoms with Crippen LogP contribution in [0.4, 0.5) is 0 Å². The van der Waals surface area contributed by atoms with Crippen LogP contribution in [0.3, 0.4) is 0 Å². The summed E-state index contributed by atoms with van der Waals surface area (Å²) >= 11 is 0. The van der Waals surface area contributed by atoms with Crippen LogP contribution in [0.2, 0.25) is 0 Å². The van der Waals surface area contributed by atoms with E-state index in [0.717, 1.165) is 42.3 Å². The maximum absolute atomic E-state index is 13.6. The zero-order chi connectivity index (χ0) is 25.4. The van der Waals surface area contributed by atoms with Gasteiger partial charge in [0, 0.05) is 43.5 Å². The van der Waals surface area contributed by atoms with E-state index in [-0.39, 0.29) is 29.3 Å². The number of carbonyl (C=O) groups excluding carboxylic acids is 2. The van der Waals surface area contributed by atoms with Crippen molar-refractivity contribution in [2.24, 2.45) is 5.92 Å². The number of hydrogen-bond donors (Lipinski definition) is 1. The first-order chi connectivity index (χ1) is 17.3. The molecule has 1 aliphatic heterocycles. The third-order valence-electron chi connectivity index (χ3n) is 8.27. The molecular formula is C30H34N2O4. The molecule has 1 saturated carbocycles. The van der Waals surface area contributed by atoms with Gasteiger partial charge in [-0.05, 0) is 73.5 Å². The predicted molar refractivity (Wildman–Crippen MR) is 140 cm³/mol. The van der Waals surface area contributed by atoms with Gasteiger partial charge in [0.2, 0.25) is 0 Å². The summed E-state index contributed by atoms with van der Waals surface area (Å²) in [6, 6.07) is 21.5. The van der Waals surface area contributed by atoms with Crippen molar-refractivity contribution in [3.05, 3.63) is 77.9 Å². The molecule has 6 heteroatoms. The first-order valence-corrected chi connectivity index (χ1v) is 12.7. The number of esters is 1. The second-order valence-corrected chi connectivity index (χ2v) is 10.5. The number of piperidine rings is 1. The van der Waals surface area contributed by atoms with Gasteiger partial charge in [0.15, 0.2) is 0 Å². The fourth-order valence-electron chi connectivity index (χ4n) is 6.37. The Labute approximate surface area is 212 Å². The Morgan fingerprint density at radius 3 is 2.61 bits per heavy atom. The van der Waals surface area contributed by atoms with Gasteiger partial charge in [0.1, 0.15) is 5.75 Å². The molecule has 0 bridgehead atoms. The number of likely N-dealkylation sites (tertiary alicyclic amines) is 1. The van der Waals surface area contributed by atoms with E-state index in [1.165, 1.54) is 6.92 Å². The number of carbonyl (C=O) groups is 2. The Morgan fingerprint density at radius 2 is 1.83 bits per heavy atom. The fraction of sp³-hybridized carbons (Fsp3) is 0.400. The highest BCUT2D eigenvalue weighted by molar-refractivity contribution is 5.98. The van der Waals surface area contributed by atoms with Crippen molar-refractivity contribution in [3.8, 4) is 5.75 Å². The lowest BCUT2D eigenvalue weighted by Gasteiger charge is -2.55. The number of rotatable bonds is 4. The summed E-state index contributed by atoms with van der Waals surface area (Å²) in [7, 11) is 3.95. The molecule has 1 N–H and O–H groups in total. The minimum absolute atomic E-state index is 0.0317. The highest BCUT2D eigenvalue weighted by Crippen LogP contribution is 2.50. The Morgan fingerprint density at radius 1 is 1.06 bits per heavy atom. The third-order valence-corrected chi connectivity index (χ3v) is 8.27. The Bertz CT molecular complexity index is 1290. The molecule has 3 aromatic carbocycles. The minimum atomic E-state index is -0.546. The van der Waals surface area contributed by atoms with Crippen LogP contribution in [0.5, 0.6) is 5.75 Å². The van der Waals surface area contributed by atoms with Gasteiger partial charge in [0.05, 0.1) is 6.10 Å². The molecule has 188 valence electrons. The number of amides is 1. The second kappa shape index (κ2) is 9.68. The highest BCUT2D eigenvalue weighted by Gasteiger charge is 2.52. The van der Waals surface area contributed by atoms with Gasteiger partial charge in [-0.15, -0.1) is 0 Å². The first kappa shape index (κ1) is 24.5. The summed E-state index contributed by atoms with van der Waals surface area (Å²) in [4.78, 5) is 29.3. The lowest BCUT2D eigenvalue weighted by molar-refractivity contribution is -0.131. The SMILES string of the molecule is CC(=O)Oc1cccc([C@@]23CCN(C)C[C@H]2C(O)C[C@@H](N(C)C(=O)c2ccc4ccccc4c2)C3)c1. The molecule has 3 aromatic rings. The predicted octanol–water partition coefficient (Wildman–Crippen LogP) is 4.25. The van der Waals surface area contributed by atoms with E-state index in [1.54, 1.807) is 6.07 Å². The average Bonchev–Trinajstić information content (AvgIpc) is 2.87. The Balaban J connectivity index is 1.48. The van der Waals surface area contributed by atoms with E-state index in [2.05, 4.69) is 18.0 Å². The normalized spacial score (nSPS) is 26.3. The van der Waals surface area contributed by atoms with Gasteiger partial charge in [-0.1, -0.05) is 42.5 Å². The number of ether oxygens (including phenoxy) is 1.